The summed E-state index contributed by atoms with van der Waals surface area (Å²) in [7, 11) is 0. The fourth-order valence-corrected chi connectivity index (χ4v) is 1.23. The summed E-state index contributed by atoms with van der Waals surface area (Å²) < 4.78 is 25.3. The number of nitrogens with one attached hydrogen (secondary N) is 1. The monoisotopic (exact) mass is 221 g/mol. The van der Waals surface area contributed by atoms with Crippen LogP contribution in [-0.4, -0.2) is 9.97 Å². The van der Waals surface area contributed by atoms with E-state index in [1.165, 1.54) is 12.1 Å². The molecule has 0 aliphatic heterocycles. The Bertz CT molecular complexity index is 471. The molecule has 1 heterocycles. The van der Waals surface area contributed by atoms with Crippen molar-refractivity contribution in [2.45, 2.75) is 6.54 Å². The summed E-state index contributed by atoms with van der Waals surface area (Å²) in [5.41, 5.74) is 0.771. The molecular formula is C11H9F2N3. The molecule has 0 spiro atoms. The van der Waals surface area contributed by atoms with Crippen LogP contribution in [0.5, 0.6) is 0 Å². The molecule has 1 aromatic carbocycles. The lowest BCUT2D eigenvalue weighted by Crippen LogP contribution is -2.03. The summed E-state index contributed by atoms with van der Waals surface area (Å²) in [4.78, 5) is 7.45. The van der Waals surface area contributed by atoms with Crippen molar-refractivity contribution in [1.29, 1.82) is 0 Å². The molecule has 3 nitrogen and oxygen atoms in total. The van der Waals surface area contributed by atoms with Gasteiger partial charge in [0.1, 0.15) is 5.82 Å². The molecule has 0 aliphatic carbocycles. The summed E-state index contributed by atoms with van der Waals surface area (Å²) in [6.07, 6.45) is 2.14. The Morgan fingerprint density at radius 3 is 2.50 bits per heavy atom. The van der Waals surface area contributed by atoms with Crippen LogP contribution in [0.25, 0.3) is 0 Å². The lowest BCUT2D eigenvalue weighted by Gasteiger charge is -2.04. The van der Waals surface area contributed by atoms with Crippen molar-refractivity contribution >= 4 is 5.95 Å². The Hall–Kier alpha value is -2.04. The van der Waals surface area contributed by atoms with Crippen LogP contribution < -0.4 is 5.32 Å². The first-order chi connectivity index (χ1) is 7.74. The van der Waals surface area contributed by atoms with Crippen LogP contribution in [0.1, 0.15) is 5.56 Å². The van der Waals surface area contributed by atoms with Gasteiger partial charge in [0.05, 0.1) is 12.4 Å². The number of hydrogen-bond donors (Lipinski definition) is 1. The minimum Gasteiger partial charge on any atom is -0.350 e. The van der Waals surface area contributed by atoms with E-state index < -0.39 is 5.82 Å². The second-order valence-corrected chi connectivity index (χ2v) is 3.21. The highest BCUT2D eigenvalue weighted by molar-refractivity contribution is 5.26. The first kappa shape index (κ1) is 10.5. The summed E-state index contributed by atoms with van der Waals surface area (Å²) in [5.74, 6) is -0.471. The van der Waals surface area contributed by atoms with E-state index >= 15 is 0 Å². The number of halogens is 2. The lowest BCUT2D eigenvalue weighted by molar-refractivity contribution is 0.614. The highest BCUT2D eigenvalue weighted by Crippen LogP contribution is 2.06. The zero-order valence-electron chi connectivity index (χ0n) is 8.32. The Labute approximate surface area is 91.2 Å². The maximum absolute atomic E-state index is 12.8. The van der Waals surface area contributed by atoms with Gasteiger partial charge in [0.15, 0.2) is 5.82 Å². The highest BCUT2D eigenvalue weighted by Gasteiger charge is 1.98. The lowest BCUT2D eigenvalue weighted by atomic mass is 10.2. The van der Waals surface area contributed by atoms with Crippen LogP contribution >= 0.6 is 0 Å². The summed E-state index contributed by atoms with van der Waals surface area (Å²) in [5, 5.41) is 2.86. The zero-order chi connectivity index (χ0) is 11.4. The summed E-state index contributed by atoms with van der Waals surface area (Å²) in [6, 6.07) is 6.19. The van der Waals surface area contributed by atoms with Gasteiger partial charge in [-0.1, -0.05) is 12.1 Å². The van der Waals surface area contributed by atoms with Crippen molar-refractivity contribution in [2.75, 3.05) is 5.32 Å². The number of nitrogens with zero attached hydrogens (tertiary/aromatic N) is 2. The van der Waals surface area contributed by atoms with Crippen molar-refractivity contribution < 1.29 is 8.78 Å². The predicted molar refractivity (Wildman–Crippen MR) is 55.7 cm³/mol. The molecule has 0 amide bonds. The van der Waals surface area contributed by atoms with E-state index in [1.807, 2.05) is 0 Å². The van der Waals surface area contributed by atoms with Crippen molar-refractivity contribution in [3.8, 4) is 0 Å². The molecule has 0 bridgehead atoms. The Kier molecular flexibility index (Phi) is 3.05. The van der Waals surface area contributed by atoms with Gasteiger partial charge >= 0.3 is 0 Å². The fraction of sp³-hybridized carbons (Fsp3) is 0.0909. The van der Waals surface area contributed by atoms with Crippen LogP contribution in [-0.2, 0) is 6.54 Å². The van der Waals surface area contributed by atoms with Crippen molar-refractivity contribution in [3.63, 3.8) is 0 Å². The van der Waals surface area contributed by atoms with E-state index in [1.54, 1.807) is 12.1 Å². The molecule has 0 saturated carbocycles. The molecule has 1 N–H and O–H groups in total. The molecule has 2 aromatic rings. The molecule has 82 valence electrons. The van der Waals surface area contributed by atoms with Crippen LogP contribution in [0.4, 0.5) is 14.7 Å². The van der Waals surface area contributed by atoms with Gasteiger partial charge < -0.3 is 5.32 Å². The van der Waals surface area contributed by atoms with E-state index in [0.29, 0.717) is 12.5 Å². The largest absolute Gasteiger partial charge is 0.350 e. The first-order valence-electron chi connectivity index (χ1n) is 4.70. The van der Waals surface area contributed by atoms with Crippen LogP contribution in [0, 0.1) is 11.6 Å². The molecular weight excluding hydrogens is 212 g/mol. The van der Waals surface area contributed by atoms with Gasteiger partial charge in [0.2, 0.25) is 5.95 Å². The maximum atomic E-state index is 12.8. The van der Waals surface area contributed by atoms with Crippen molar-refractivity contribution in [1.82, 2.24) is 9.97 Å². The SMILES string of the molecule is Fc1cnc(NCc2cccc(F)c2)nc1. The third-order valence-corrected chi connectivity index (χ3v) is 1.96. The number of hydrogen-bond acceptors (Lipinski definition) is 3. The highest BCUT2D eigenvalue weighted by atomic mass is 19.1. The first-order valence-corrected chi connectivity index (χ1v) is 4.70. The van der Waals surface area contributed by atoms with Gasteiger partial charge in [-0.2, -0.15) is 0 Å². The molecule has 0 unspecified atom stereocenters. The average Bonchev–Trinajstić information content (AvgIpc) is 2.28. The topological polar surface area (TPSA) is 37.8 Å². The predicted octanol–water partition coefficient (Wildman–Crippen LogP) is 2.37. The third kappa shape index (κ3) is 2.73. The molecule has 0 aliphatic rings. The second-order valence-electron chi connectivity index (χ2n) is 3.21. The Morgan fingerprint density at radius 2 is 1.81 bits per heavy atom. The molecule has 1 aromatic heterocycles. The van der Waals surface area contributed by atoms with Crippen molar-refractivity contribution in [2.24, 2.45) is 0 Å². The second kappa shape index (κ2) is 4.65. The van der Waals surface area contributed by atoms with Gasteiger partial charge in [-0.15, -0.1) is 0 Å². The van der Waals surface area contributed by atoms with Crippen LogP contribution in [0.3, 0.4) is 0 Å². The quantitative estimate of drug-likeness (QED) is 0.864. The zero-order valence-corrected chi connectivity index (χ0v) is 8.32. The summed E-state index contributed by atoms with van der Waals surface area (Å²) >= 11 is 0. The molecule has 0 saturated heterocycles. The van der Waals surface area contributed by atoms with Gasteiger partial charge in [-0.25, -0.2) is 18.7 Å². The third-order valence-electron chi connectivity index (χ3n) is 1.96. The normalized spacial score (nSPS) is 10.1. The van der Waals surface area contributed by atoms with Gasteiger partial charge in [-0.3, -0.25) is 0 Å². The van der Waals surface area contributed by atoms with Gasteiger partial charge in [0, 0.05) is 6.54 Å². The van der Waals surface area contributed by atoms with Crippen LogP contribution in [0.15, 0.2) is 36.7 Å². The maximum Gasteiger partial charge on any atom is 0.223 e. The molecule has 0 fully saturated rings. The Balaban J connectivity index is 1.99. The standard InChI is InChI=1S/C11H9F2N3/c12-9-3-1-2-8(4-9)5-14-11-15-6-10(13)7-16-11/h1-4,6-7H,5H2,(H,14,15,16). The molecule has 0 radical (unpaired) electrons. The van der Waals surface area contributed by atoms with Crippen molar-refractivity contribution in [3.05, 3.63) is 53.9 Å². The summed E-state index contributed by atoms with van der Waals surface area (Å²) in [6.45, 7) is 0.392. The minimum atomic E-state index is -0.490. The smallest absolute Gasteiger partial charge is 0.223 e. The average molecular weight is 221 g/mol. The van der Waals surface area contributed by atoms with Gasteiger partial charge in [-0.05, 0) is 17.7 Å². The molecule has 16 heavy (non-hydrogen) atoms. The molecule has 2 rings (SSSR count). The number of rotatable bonds is 3. The van der Waals surface area contributed by atoms with E-state index in [4.69, 9.17) is 0 Å². The molecule has 0 atom stereocenters. The number of aromatic nitrogens is 2. The van der Waals surface area contributed by atoms with Crippen LogP contribution in [0.2, 0.25) is 0 Å². The van der Waals surface area contributed by atoms with Gasteiger partial charge in [0.25, 0.3) is 0 Å². The number of benzene rings is 1. The number of anilines is 1. The minimum absolute atomic E-state index is 0.292. The van der Waals surface area contributed by atoms with E-state index in [2.05, 4.69) is 15.3 Å². The van der Waals surface area contributed by atoms with E-state index in [-0.39, 0.29) is 5.82 Å². The molecule has 5 heteroatoms. The fourth-order valence-electron chi connectivity index (χ4n) is 1.23. The Morgan fingerprint density at radius 1 is 1.06 bits per heavy atom. The van der Waals surface area contributed by atoms with E-state index in [9.17, 15) is 8.78 Å². The van der Waals surface area contributed by atoms with E-state index in [0.717, 1.165) is 18.0 Å².